The van der Waals surface area contributed by atoms with Gasteiger partial charge in [0.1, 0.15) is 5.60 Å². The average Bonchev–Trinajstić information content (AvgIpc) is 2.85. The fourth-order valence-electron chi connectivity index (χ4n) is 3.22. The molecule has 2 N–H and O–H groups in total. The van der Waals surface area contributed by atoms with Gasteiger partial charge >= 0.3 is 13.2 Å². The highest BCUT2D eigenvalue weighted by molar-refractivity contribution is 6.62. The molecule has 0 bridgehead atoms. The van der Waals surface area contributed by atoms with Crippen LogP contribution in [0, 0.1) is 0 Å². The summed E-state index contributed by atoms with van der Waals surface area (Å²) >= 11 is 0. The minimum absolute atomic E-state index is 0.00654. The molecule has 1 amide bonds. The summed E-state index contributed by atoms with van der Waals surface area (Å²) in [6.07, 6.45) is 0.118. The van der Waals surface area contributed by atoms with Crippen LogP contribution < -0.4 is 10.8 Å². The van der Waals surface area contributed by atoms with Crippen molar-refractivity contribution in [2.75, 3.05) is 6.54 Å². The van der Waals surface area contributed by atoms with Crippen LogP contribution in [0.3, 0.4) is 0 Å². The third-order valence-electron chi connectivity index (χ3n) is 5.48. The first-order chi connectivity index (χ1) is 13.8. The Hall–Kier alpha value is -2.16. The number of pyridine rings is 1. The van der Waals surface area contributed by atoms with Crippen molar-refractivity contribution < 1.29 is 23.9 Å². The van der Waals surface area contributed by atoms with Gasteiger partial charge in [0.2, 0.25) is 0 Å². The van der Waals surface area contributed by atoms with Crippen LogP contribution in [0.5, 0.6) is 0 Å². The fraction of sp³-hybridized carbons (Fsp3) is 0.545. The SMILES string of the molecule is CC(C)(C)OC(=O)NCC(O)c1cc(B2OC(C)(C)C(C)(C)O2)cc2cccnc12. The minimum atomic E-state index is -0.975. The van der Waals surface area contributed by atoms with E-state index in [1.165, 1.54) is 0 Å². The van der Waals surface area contributed by atoms with E-state index in [0.29, 0.717) is 11.1 Å². The van der Waals surface area contributed by atoms with E-state index >= 15 is 0 Å². The largest absolute Gasteiger partial charge is 0.494 e. The van der Waals surface area contributed by atoms with E-state index in [4.69, 9.17) is 14.0 Å². The van der Waals surface area contributed by atoms with Crippen molar-refractivity contribution in [3.63, 3.8) is 0 Å². The molecule has 0 spiro atoms. The van der Waals surface area contributed by atoms with Crippen LogP contribution in [-0.2, 0) is 14.0 Å². The van der Waals surface area contributed by atoms with Gasteiger partial charge in [0.15, 0.2) is 0 Å². The Morgan fingerprint density at radius 3 is 2.47 bits per heavy atom. The summed E-state index contributed by atoms with van der Waals surface area (Å²) in [7, 11) is -0.565. The molecule has 1 fully saturated rings. The molecule has 1 aliphatic rings. The summed E-state index contributed by atoms with van der Waals surface area (Å²) in [5, 5.41) is 14.3. The van der Waals surface area contributed by atoms with Gasteiger partial charge in [-0.25, -0.2) is 4.79 Å². The second kappa shape index (κ2) is 7.83. The van der Waals surface area contributed by atoms with Gasteiger partial charge in [-0.2, -0.15) is 0 Å². The molecule has 1 aromatic heterocycles. The molecule has 2 aromatic rings. The maximum Gasteiger partial charge on any atom is 0.494 e. The van der Waals surface area contributed by atoms with Crippen molar-refractivity contribution >= 4 is 29.6 Å². The quantitative estimate of drug-likeness (QED) is 0.748. The lowest BCUT2D eigenvalue weighted by atomic mass is 9.77. The molecule has 7 nitrogen and oxygen atoms in total. The van der Waals surface area contributed by atoms with Gasteiger partial charge in [-0.15, -0.1) is 0 Å². The van der Waals surface area contributed by atoms with Gasteiger partial charge in [-0.05, 0) is 60.0 Å². The number of hydrogen-bond acceptors (Lipinski definition) is 6. The summed E-state index contributed by atoms with van der Waals surface area (Å²) in [5.74, 6) is 0. The second-order valence-corrected chi connectivity index (χ2v) is 9.67. The van der Waals surface area contributed by atoms with Gasteiger partial charge < -0.3 is 24.5 Å². The summed E-state index contributed by atoms with van der Waals surface area (Å²) in [6.45, 7) is 13.3. The number of amides is 1. The monoisotopic (exact) mass is 414 g/mol. The first-order valence-electron chi connectivity index (χ1n) is 10.2. The topological polar surface area (TPSA) is 89.9 Å². The van der Waals surface area contributed by atoms with Gasteiger partial charge in [-0.3, -0.25) is 4.98 Å². The van der Waals surface area contributed by atoms with Gasteiger partial charge in [0.05, 0.1) is 29.4 Å². The molecular weight excluding hydrogens is 383 g/mol. The highest BCUT2D eigenvalue weighted by Gasteiger charge is 2.51. The van der Waals surface area contributed by atoms with Crippen molar-refractivity contribution in [1.29, 1.82) is 0 Å². The number of nitrogens with zero attached hydrogens (tertiary/aromatic N) is 1. The molecule has 8 heteroatoms. The van der Waals surface area contributed by atoms with E-state index in [1.807, 2.05) is 52.0 Å². The van der Waals surface area contributed by atoms with E-state index in [-0.39, 0.29) is 6.54 Å². The molecule has 0 radical (unpaired) electrons. The predicted molar refractivity (Wildman–Crippen MR) is 117 cm³/mol. The first-order valence-corrected chi connectivity index (χ1v) is 10.2. The molecule has 3 rings (SSSR count). The molecule has 1 aliphatic heterocycles. The third-order valence-corrected chi connectivity index (χ3v) is 5.48. The lowest BCUT2D eigenvalue weighted by molar-refractivity contribution is 0.00578. The van der Waals surface area contributed by atoms with Crippen LogP contribution in [0.1, 0.15) is 60.1 Å². The van der Waals surface area contributed by atoms with Crippen molar-refractivity contribution in [1.82, 2.24) is 10.3 Å². The van der Waals surface area contributed by atoms with Gasteiger partial charge in [-0.1, -0.05) is 18.2 Å². The number of nitrogens with one attached hydrogen (secondary N) is 1. The van der Waals surface area contributed by atoms with E-state index in [9.17, 15) is 9.90 Å². The highest BCUT2D eigenvalue weighted by atomic mass is 16.7. The Morgan fingerprint density at radius 1 is 1.23 bits per heavy atom. The molecule has 0 saturated carbocycles. The Balaban J connectivity index is 1.88. The Kier molecular flexibility index (Phi) is 5.88. The van der Waals surface area contributed by atoms with Crippen LogP contribution in [0.25, 0.3) is 10.9 Å². The zero-order chi connectivity index (χ0) is 22.3. The second-order valence-electron chi connectivity index (χ2n) is 9.67. The molecule has 1 aromatic carbocycles. The van der Waals surface area contributed by atoms with E-state index in [0.717, 1.165) is 10.8 Å². The number of carbonyl (C=O) groups excluding carboxylic acids is 1. The average molecular weight is 414 g/mol. The van der Waals surface area contributed by atoms with Crippen molar-refractivity contribution in [2.45, 2.75) is 71.4 Å². The molecule has 1 unspecified atom stereocenters. The number of aliphatic hydroxyl groups is 1. The molecule has 30 heavy (non-hydrogen) atoms. The maximum absolute atomic E-state index is 12.0. The number of aliphatic hydroxyl groups excluding tert-OH is 1. The van der Waals surface area contributed by atoms with E-state index in [1.54, 1.807) is 27.0 Å². The van der Waals surface area contributed by atoms with Crippen LogP contribution in [-0.4, -0.2) is 46.7 Å². The Morgan fingerprint density at radius 2 is 1.87 bits per heavy atom. The maximum atomic E-state index is 12.0. The van der Waals surface area contributed by atoms with Crippen molar-refractivity contribution in [3.8, 4) is 0 Å². The fourth-order valence-corrected chi connectivity index (χ4v) is 3.22. The van der Waals surface area contributed by atoms with Crippen LogP contribution in [0.2, 0.25) is 0 Å². The van der Waals surface area contributed by atoms with E-state index in [2.05, 4.69) is 10.3 Å². The number of hydrogen-bond donors (Lipinski definition) is 2. The Labute approximate surface area is 178 Å². The minimum Gasteiger partial charge on any atom is -0.444 e. The zero-order valence-corrected chi connectivity index (χ0v) is 18.8. The number of benzene rings is 1. The van der Waals surface area contributed by atoms with Crippen LogP contribution >= 0.6 is 0 Å². The van der Waals surface area contributed by atoms with Crippen LogP contribution in [0.4, 0.5) is 4.79 Å². The normalized spacial score (nSPS) is 19.0. The summed E-state index contributed by atoms with van der Waals surface area (Å²) in [6, 6.07) is 7.56. The van der Waals surface area contributed by atoms with Gasteiger partial charge in [0, 0.05) is 17.1 Å². The third kappa shape index (κ3) is 4.77. The lowest BCUT2D eigenvalue weighted by Gasteiger charge is -2.32. The zero-order valence-electron chi connectivity index (χ0n) is 18.8. The standard InChI is InChI=1S/C22H31BN2O5/c1-20(2,3)28-19(27)25-13-17(26)16-12-15(11-14-9-8-10-24-18(14)16)23-29-21(4,5)22(6,7)30-23/h8-12,17,26H,13H2,1-7H3,(H,25,27). The number of alkyl carbamates (subject to hydrolysis) is 1. The lowest BCUT2D eigenvalue weighted by Crippen LogP contribution is -2.41. The molecule has 162 valence electrons. The number of aromatic nitrogens is 1. The van der Waals surface area contributed by atoms with Crippen molar-refractivity contribution in [2.24, 2.45) is 0 Å². The highest BCUT2D eigenvalue weighted by Crippen LogP contribution is 2.37. The van der Waals surface area contributed by atoms with E-state index < -0.39 is 36.1 Å². The summed E-state index contributed by atoms with van der Waals surface area (Å²) in [5.41, 5.74) is 0.488. The Bertz CT molecular complexity index is 923. The smallest absolute Gasteiger partial charge is 0.444 e. The molecule has 1 saturated heterocycles. The predicted octanol–water partition coefficient (Wildman–Crippen LogP) is 3.09. The molecule has 1 atom stereocenters. The summed E-state index contributed by atoms with van der Waals surface area (Å²) < 4.78 is 17.6. The van der Waals surface area contributed by atoms with Crippen molar-refractivity contribution in [3.05, 3.63) is 36.0 Å². The molecular formula is C22H31BN2O5. The molecule has 0 aliphatic carbocycles. The number of ether oxygens (including phenoxy) is 1. The number of fused-ring (bicyclic) bond motifs is 1. The number of carbonyl (C=O) groups is 1. The van der Waals surface area contributed by atoms with Gasteiger partial charge in [0.25, 0.3) is 0 Å². The number of rotatable bonds is 4. The summed E-state index contributed by atoms with van der Waals surface area (Å²) in [4.78, 5) is 16.4. The first kappa shape index (κ1) is 22.5. The van der Waals surface area contributed by atoms with Crippen LogP contribution in [0.15, 0.2) is 30.5 Å². The molecule has 2 heterocycles.